The molecule has 0 fully saturated rings. The van der Waals surface area contributed by atoms with Crippen LogP contribution in [0.25, 0.3) is 0 Å². The zero-order valence-electron chi connectivity index (χ0n) is 10.3. The average Bonchev–Trinajstić information content (AvgIpc) is 2.30. The van der Waals surface area contributed by atoms with Gasteiger partial charge in [0.2, 0.25) is 0 Å². The van der Waals surface area contributed by atoms with Gasteiger partial charge in [0.25, 0.3) is 0 Å². The molecule has 0 unspecified atom stereocenters. The van der Waals surface area contributed by atoms with Gasteiger partial charge in [-0.2, -0.15) is 0 Å². The second-order valence-electron chi connectivity index (χ2n) is 5.00. The summed E-state index contributed by atoms with van der Waals surface area (Å²) in [5.74, 6) is 0. The molecule has 4 heteroatoms. The van der Waals surface area contributed by atoms with Gasteiger partial charge in [-0.1, -0.05) is 13.0 Å². The standard InChI is InChI=1S/C12H23NO3/c1-12(9-14,10-15)8-13(2)6-11-4-3-5-16-7-11/h4,14-15H,3,5-10H2,1-2H3. The number of aliphatic hydroxyl groups excluding tert-OH is 2. The summed E-state index contributed by atoms with van der Waals surface area (Å²) < 4.78 is 5.37. The fourth-order valence-corrected chi connectivity index (χ4v) is 1.92. The summed E-state index contributed by atoms with van der Waals surface area (Å²) in [5.41, 5.74) is 0.858. The number of hydrogen-bond acceptors (Lipinski definition) is 4. The molecule has 0 radical (unpaired) electrons. The molecule has 2 N–H and O–H groups in total. The Morgan fingerprint density at radius 1 is 1.44 bits per heavy atom. The average molecular weight is 229 g/mol. The molecule has 0 aromatic heterocycles. The summed E-state index contributed by atoms with van der Waals surface area (Å²) in [6.07, 6.45) is 3.20. The maximum atomic E-state index is 9.21. The van der Waals surface area contributed by atoms with E-state index in [2.05, 4.69) is 11.0 Å². The molecule has 0 saturated heterocycles. The van der Waals surface area contributed by atoms with Gasteiger partial charge >= 0.3 is 0 Å². The lowest BCUT2D eigenvalue weighted by atomic mass is 9.92. The van der Waals surface area contributed by atoms with Crippen LogP contribution in [0.15, 0.2) is 11.6 Å². The third kappa shape index (κ3) is 4.22. The van der Waals surface area contributed by atoms with Gasteiger partial charge in [0.1, 0.15) is 0 Å². The molecule has 0 spiro atoms. The molecule has 0 aliphatic carbocycles. The van der Waals surface area contributed by atoms with Crippen LogP contribution < -0.4 is 0 Å². The molecule has 0 aromatic carbocycles. The molecule has 1 rings (SSSR count). The topological polar surface area (TPSA) is 52.9 Å². The first-order valence-electron chi connectivity index (χ1n) is 5.75. The Morgan fingerprint density at radius 3 is 2.62 bits per heavy atom. The van der Waals surface area contributed by atoms with E-state index >= 15 is 0 Å². The fourth-order valence-electron chi connectivity index (χ4n) is 1.92. The van der Waals surface area contributed by atoms with E-state index in [4.69, 9.17) is 4.74 Å². The molecule has 0 aromatic rings. The second kappa shape index (κ2) is 6.35. The normalized spacial score (nSPS) is 17.7. The van der Waals surface area contributed by atoms with E-state index in [9.17, 15) is 10.2 Å². The Bertz CT molecular complexity index is 236. The van der Waals surface area contributed by atoms with E-state index in [0.717, 1.165) is 19.6 Å². The Morgan fingerprint density at radius 2 is 2.12 bits per heavy atom. The van der Waals surface area contributed by atoms with Gasteiger partial charge in [0.05, 0.1) is 26.4 Å². The molecule has 1 aliphatic rings. The number of nitrogens with zero attached hydrogens (tertiary/aromatic N) is 1. The summed E-state index contributed by atoms with van der Waals surface area (Å²) in [5, 5.41) is 18.4. The summed E-state index contributed by atoms with van der Waals surface area (Å²) in [6, 6.07) is 0. The molecular formula is C12H23NO3. The maximum Gasteiger partial charge on any atom is 0.0689 e. The number of hydrogen-bond donors (Lipinski definition) is 2. The molecule has 1 heterocycles. The van der Waals surface area contributed by atoms with E-state index in [1.165, 1.54) is 5.57 Å². The van der Waals surface area contributed by atoms with Crippen molar-refractivity contribution >= 4 is 0 Å². The Hall–Kier alpha value is -0.420. The van der Waals surface area contributed by atoms with Crippen LogP contribution >= 0.6 is 0 Å². The molecule has 0 atom stereocenters. The monoisotopic (exact) mass is 229 g/mol. The minimum Gasteiger partial charge on any atom is -0.396 e. The largest absolute Gasteiger partial charge is 0.396 e. The van der Waals surface area contributed by atoms with Crippen molar-refractivity contribution in [3.63, 3.8) is 0 Å². The van der Waals surface area contributed by atoms with Crippen molar-refractivity contribution in [2.24, 2.45) is 5.41 Å². The number of aliphatic hydroxyl groups is 2. The van der Waals surface area contributed by atoms with E-state index in [1.54, 1.807) is 0 Å². The van der Waals surface area contributed by atoms with Crippen molar-refractivity contribution < 1.29 is 14.9 Å². The predicted molar refractivity (Wildman–Crippen MR) is 63.3 cm³/mol. The zero-order valence-corrected chi connectivity index (χ0v) is 10.3. The van der Waals surface area contributed by atoms with Crippen molar-refractivity contribution in [1.82, 2.24) is 4.90 Å². The van der Waals surface area contributed by atoms with Crippen LogP contribution in [0, 0.1) is 5.41 Å². The first-order valence-corrected chi connectivity index (χ1v) is 5.75. The van der Waals surface area contributed by atoms with Crippen LogP contribution in [0.4, 0.5) is 0 Å². The minimum atomic E-state index is -0.426. The van der Waals surface area contributed by atoms with Gasteiger partial charge in [-0.05, 0) is 19.0 Å². The number of likely N-dealkylation sites (N-methyl/N-ethyl adjacent to an activating group) is 1. The van der Waals surface area contributed by atoms with Gasteiger partial charge in [-0.25, -0.2) is 0 Å². The molecule has 16 heavy (non-hydrogen) atoms. The smallest absolute Gasteiger partial charge is 0.0689 e. The SMILES string of the molecule is CN(CC1=CCCOC1)CC(C)(CO)CO. The Labute approximate surface area is 97.5 Å². The summed E-state index contributed by atoms with van der Waals surface area (Å²) in [4.78, 5) is 2.12. The number of rotatable bonds is 6. The first kappa shape index (κ1) is 13.6. The lowest BCUT2D eigenvalue weighted by Crippen LogP contribution is -2.40. The molecular weight excluding hydrogens is 206 g/mol. The van der Waals surface area contributed by atoms with E-state index in [1.807, 2.05) is 14.0 Å². The highest BCUT2D eigenvalue weighted by atomic mass is 16.5. The fraction of sp³-hybridized carbons (Fsp3) is 0.833. The molecule has 0 amide bonds. The lowest BCUT2D eigenvalue weighted by molar-refractivity contribution is 0.0426. The highest BCUT2D eigenvalue weighted by Crippen LogP contribution is 2.16. The zero-order chi connectivity index (χ0) is 12.0. The number of ether oxygens (including phenoxy) is 1. The lowest BCUT2D eigenvalue weighted by Gasteiger charge is -2.31. The quantitative estimate of drug-likeness (QED) is 0.641. The van der Waals surface area contributed by atoms with Crippen LogP contribution in [0.5, 0.6) is 0 Å². The molecule has 0 bridgehead atoms. The van der Waals surface area contributed by atoms with Crippen molar-refractivity contribution in [1.29, 1.82) is 0 Å². The van der Waals surface area contributed by atoms with Crippen LogP contribution in [0.3, 0.4) is 0 Å². The van der Waals surface area contributed by atoms with E-state index < -0.39 is 5.41 Å². The Kier molecular flexibility index (Phi) is 5.41. The van der Waals surface area contributed by atoms with Crippen molar-refractivity contribution in [2.75, 3.05) is 46.6 Å². The Balaban J connectivity index is 2.40. The summed E-state index contributed by atoms with van der Waals surface area (Å²) >= 11 is 0. The highest BCUT2D eigenvalue weighted by molar-refractivity contribution is 5.07. The minimum absolute atomic E-state index is 0.00336. The molecule has 0 saturated carbocycles. The molecule has 1 aliphatic heterocycles. The van der Waals surface area contributed by atoms with Gasteiger partial charge in [0, 0.05) is 18.5 Å². The van der Waals surface area contributed by atoms with E-state index in [-0.39, 0.29) is 13.2 Å². The van der Waals surface area contributed by atoms with Gasteiger partial charge in [-0.3, -0.25) is 0 Å². The van der Waals surface area contributed by atoms with Crippen LogP contribution in [-0.2, 0) is 4.74 Å². The summed E-state index contributed by atoms with van der Waals surface area (Å²) in [6.45, 7) is 4.94. The second-order valence-corrected chi connectivity index (χ2v) is 5.00. The van der Waals surface area contributed by atoms with Crippen LogP contribution in [-0.4, -0.2) is 61.7 Å². The third-order valence-corrected chi connectivity index (χ3v) is 2.87. The predicted octanol–water partition coefficient (Wildman–Crippen LogP) is 0.256. The van der Waals surface area contributed by atoms with E-state index in [0.29, 0.717) is 13.2 Å². The van der Waals surface area contributed by atoms with Gasteiger partial charge < -0.3 is 19.8 Å². The highest BCUT2D eigenvalue weighted by Gasteiger charge is 2.24. The summed E-state index contributed by atoms with van der Waals surface area (Å²) in [7, 11) is 2.00. The molecule has 94 valence electrons. The third-order valence-electron chi connectivity index (χ3n) is 2.87. The van der Waals surface area contributed by atoms with Crippen LogP contribution in [0.2, 0.25) is 0 Å². The van der Waals surface area contributed by atoms with Gasteiger partial charge in [-0.15, -0.1) is 0 Å². The van der Waals surface area contributed by atoms with Gasteiger partial charge in [0.15, 0.2) is 0 Å². The first-order chi connectivity index (χ1) is 7.59. The van der Waals surface area contributed by atoms with Crippen molar-refractivity contribution in [3.05, 3.63) is 11.6 Å². The maximum absolute atomic E-state index is 9.21. The van der Waals surface area contributed by atoms with Crippen molar-refractivity contribution in [3.8, 4) is 0 Å². The molecule has 4 nitrogen and oxygen atoms in total. The van der Waals surface area contributed by atoms with Crippen molar-refractivity contribution in [2.45, 2.75) is 13.3 Å². The van der Waals surface area contributed by atoms with Crippen LogP contribution in [0.1, 0.15) is 13.3 Å².